The van der Waals surface area contributed by atoms with Gasteiger partial charge in [-0.1, -0.05) is 0 Å². The van der Waals surface area contributed by atoms with E-state index < -0.39 is 0 Å². The summed E-state index contributed by atoms with van der Waals surface area (Å²) in [5.41, 5.74) is 5.01. The zero-order valence-corrected chi connectivity index (χ0v) is 10.6. The number of amides is 1. The number of hydrogen-bond donors (Lipinski definition) is 3. The predicted octanol–water partition coefficient (Wildman–Crippen LogP) is 0.143. The van der Waals surface area contributed by atoms with Crippen LogP contribution in [0.4, 0.5) is 0 Å². The summed E-state index contributed by atoms with van der Waals surface area (Å²) in [5, 5.41) is 6.67. The maximum atomic E-state index is 10.4. The molecule has 0 atom stereocenters. The van der Waals surface area contributed by atoms with Crippen LogP contribution in [0.15, 0.2) is 0 Å². The molecule has 0 heterocycles. The summed E-state index contributed by atoms with van der Waals surface area (Å²) in [4.78, 5) is 10.4. The summed E-state index contributed by atoms with van der Waals surface area (Å²) in [6.45, 7) is 4.92. The molecule has 5 nitrogen and oxygen atoms in total. The molecule has 94 valence electrons. The summed E-state index contributed by atoms with van der Waals surface area (Å²) < 4.78 is 5.19. The van der Waals surface area contributed by atoms with E-state index in [0.29, 0.717) is 24.5 Å². The third-order valence-electron chi connectivity index (χ3n) is 1.84. The van der Waals surface area contributed by atoms with Gasteiger partial charge in [-0.25, -0.2) is 0 Å². The largest absolute Gasteiger partial charge is 0.382 e. The van der Waals surface area contributed by atoms with Gasteiger partial charge in [0.05, 0.1) is 0 Å². The molecule has 0 aliphatic heterocycles. The van der Waals surface area contributed by atoms with Gasteiger partial charge in [0.1, 0.15) is 0 Å². The molecule has 0 aliphatic rings. The zero-order chi connectivity index (χ0) is 12.2. The highest BCUT2D eigenvalue weighted by Gasteiger charge is 1.96. The van der Waals surface area contributed by atoms with E-state index >= 15 is 0 Å². The van der Waals surface area contributed by atoms with Crippen molar-refractivity contribution >= 4 is 23.2 Å². The highest BCUT2D eigenvalue weighted by atomic mass is 32.1. The van der Waals surface area contributed by atoms with Crippen LogP contribution in [-0.4, -0.2) is 37.3 Å². The Morgan fingerprint density at radius 3 is 2.50 bits per heavy atom. The zero-order valence-electron chi connectivity index (χ0n) is 9.75. The number of nitrogens with two attached hydrogens (primary N) is 1. The number of carbonyl (C=O) groups excluding carboxylic acids is 1. The van der Waals surface area contributed by atoms with E-state index in [1.807, 2.05) is 6.92 Å². The van der Waals surface area contributed by atoms with Crippen molar-refractivity contribution < 1.29 is 9.53 Å². The van der Waals surface area contributed by atoms with Crippen molar-refractivity contribution in [2.45, 2.75) is 26.2 Å². The Morgan fingerprint density at radius 1 is 1.31 bits per heavy atom. The number of carbonyl (C=O) groups is 1. The number of nitrogens with one attached hydrogen (secondary N) is 2. The van der Waals surface area contributed by atoms with Gasteiger partial charge in [0.2, 0.25) is 5.91 Å². The van der Waals surface area contributed by atoms with Gasteiger partial charge in [0, 0.05) is 32.7 Å². The van der Waals surface area contributed by atoms with Crippen LogP contribution in [0.2, 0.25) is 0 Å². The molecule has 0 rings (SSSR count). The normalized spacial score (nSPS) is 9.81. The molecule has 0 bridgehead atoms. The Bertz CT molecular complexity index is 212. The predicted molar refractivity (Wildman–Crippen MR) is 68.1 cm³/mol. The summed E-state index contributed by atoms with van der Waals surface area (Å²) in [6, 6.07) is 0. The van der Waals surface area contributed by atoms with Crippen LogP contribution in [0.1, 0.15) is 26.2 Å². The molecular weight excluding hydrogens is 226 g/mol. The van der Waals surface area contributed by atoms with E-state index in [4.69, 9.17) is 22.7 Å². The Morgan fingerprint density at radius 2 is 1.94 bits per heavy atom. The molecule has 4 N–H and O–H groups in total. The Kier molecular flexibility index (Phi) is 10.0. The van der Waals surface area contributed by atoms with E-state index in [1.54, 1.807) is 0 Å². The fourth-order valence-corrected chi connectivity index (χ4v) is 1.25. The van der Waals surface area contributed by atoms with E-state index in [1.165, 1.54) is 0 Å². The van der Waals surface area contributed by atoms with Crippen LogP contribution in [0.25, 0.3) is 0 Å². The van der Waals surface area contributed by atoms with E-state index in [2.05, 4.69) is 10.6 Å². The van der Waals surface area contributed by atoms with Gasteiger partial charge in [0.25, 0.3) is 0 Å². The topological polar surface area (TPSA) is 76.4 Å². The molecule has 0 saturated heterocycles. The highest BCUT2D eigenvalue weighted by molar-refractivity contribution is 7.80. The lowest BCUT2D eigenvalue weighted by Gasteiger charge is -2.09. The maximum Gasteiger partial charge on any atom is 0.217 e. The molecular formula is C10H21N3O2S. The third kappa shape index (κ3) is 11.2. The Balaban J connectivity index is 3.21. The molecule has 0 radical (unpaired) electrons. The van der Waals surface area contributed by atoms with Crippen molar-refractivity contribution in [3.05, 3.63) is 0 Å². The van der Waals surface area contributed by atoms with Gasteiger partial charge in [-0.15, -0.1) is 0 Å². The van der Waals surface area contributed by atoms with Gasteiger partial charge in [-0.2, -0.15) is 0 Å². The minimum absolute atomic E-state index is 0.280. The molecule has 6 heteroatoms. The first-order valence-electron chi connectivity index (χ1n) is 5.54. The molecule has 0 fully saturated rings. The minimum atomic E-state index is -0.280. The van der Waals surface area contributed by atoms with E-state index in [9.17, 15) is 4.79 Å². The van der Waals surface area contributed by atoms with Gasteiger partial charge < -0.3 is 21.1 Å². The smallest absolute Gasteiger partial charge is 0.217 e. The van der Waals surface area contributed by atoms with Crippen LogP contribution in [-0.2, 0) is 9.53 Å². The molecule has 0 aromatic carbocycles. The van der Waals surface area contributed by atoms with Gasteiger partial charge in [0.15, 0.2) is 5.11 Å². The number of ether oxygens (including phenoxy) is 1. The Hall–Kier alpha value is -0.880. The first-order chi connectivity index (χ1) is 7.66. The van der Waals surface area contributed by atoms with Gasteiger partial charge >= 0.3 is 0 Å². The Labute approximate surface area is 102 Å². The molecule has 0 saturated carbocycles. The quantitative estimate of drug-likeness (QED) is 0.399. The first kappa shape index (κ1) is 15.1. The SMILES string of the molecule is CCOCCCNC(=S)NCCCC(N)=O. The number of rotatable bonds is 9. The van der Waals surface area contributed by atoms with Crippen LogP contribution in [0.5, 0.6) is 0 Å². The number of hydrogen-bond acceptors (Lipinski definition) is 3. The minimum Gasteiger partial charge on any atom is -0.382 e. The summed E-state index contributed by atoms with van der Waals surface area (Å²) >= 11 is 5.03. The summed E-state index contributed by atoms with van der Waals surface area (Å²) in [7, 11) is 0. The molecule has 0 aliphatic carbocycles. The summed E-state index contributed by atoms with van der Waals surface area (Å²) in [6.07, 6.45) is 2.02. The monoisotopic (exact) mass is 247 g/mol. The van der Waals surface area contributed by atoms with E-state index in [-0.39, 0.29) is 5.91 Å². The van der Waals surface area contributed by atoms with Crippen molar-refractivity contribution in [1.82, 2.24) is 10.6 Å². The molecule has 0 unspecified atom stereocenters. The third-order valence-corrected chi connectivity index (χ3v) is 2.13. The number of thiocarbonyl (C=S) groups is 1. The van der Waals surface area contributed by atoms with Crippen molar-refractivity contribution in [2.75, 3.05) is 26.3 Å². The van der Waals surface area contributed by atoms with Crippen molar-refractivity contribution in [3.63, 3.8) is 0 Å². The van der Waals surface area contributed by atoms with Gasteiger partial charge in [-0.3, -0.25) is 4.79 Å². The molecule has 0 aromatic heterocycles. The van der Waals surface area contributed by atoms with Crippen LogP contribution >= 0.6 is 12.2 Å². The lowest BCUT2D eigenvalue weighted by molar-refractivity contribution is -0.118. The maximum absolute atomic E-state index is 10.4. The second-order valence-electron chi connectivity index (χ2n) is 3.30. The van der Waals surface area contributed by atoms with Crippen molar-refractivity contribution in [3.8, 4) is 0 Å². The molecule has 0 aromatic rings. The van der Waals surface area contributed by atoms with Crippen LogP contribution < -0.4 is 16.4 Å². The molecule has 16 heavy (non-hydrogen) atoms. The average Bonchev–Trinajstić information content (AvgIpc) is 2.24. The fourth-order valence-electron chi connectivity index (χ4n) is 1.05. The molecule has 1 amide bonds. The summed E-state index contributed by atoms with van der Waals surface area (Å²) in [5.74, 6) is -0.280. The van der Waals surface area contributed by atoms with Crippen LogP contribution in [0.3, 0.4) is 0 Å². The van der Waals surface area contributed by atoms with Crippen LogP contribution in [0, 0.1) is 0 Å². The second-order valence-corrected chi connectivity index (χ2v) is 3.71. The lowest BCUT2D eigenvalue weighted by Crippen LogP contribution is -2.36. The fraction of sp³-hybridized carbons (Fsp3) is 0.800. The number of primary amides is 1. The van der Waals surface area contributed by atoms with Crippen molar-refractivity contribution in [2.24, 2.45) is 5.73 Å². The highest BCUT2D eigenvalue weighted by Crippen LogP contribution is 1.85. The first-order valence-corrected chi connectivity index (χ1v) is 5.95. The van der Waals surface area contributed by atoms with Crippen molar-refractivity contribution in [1.29, 1.82) is 0 Å². The molecule has 0 spiro atoms. The lowest BCUT2D eigenvalue weighted by atomic mass is 10.3. The second kappa shape index (κ2) is 10.6. The van der Waals surface area contributed by atoms with Gasteiger partial charge in [-0.05, 0) is 32.0 Å². The van der Waals surface area contributed by atoms with E-state index in [0.717, 1.165) is 26.2 Å². The average molecular weight is 247 g/mol. The standard InChI is InChI=1S/C10H21N3O2S/c1-2-15-8-4-7-13-10(16)12-6-3-5-9(11)14/h2-8H2,1H3,(H2,11,14)(H2,12,13,16).